The molecule has 0 fully saturated rings. The van der Waals surface area contributed by atoms with E-state index in [1.54, 1.807) is 6.08 Å². The van der Waals surface area contributed by atoms with Gasteiger partial charge in [-0.25, -0.2) is 0 Å². The lowest BCUT2D eigenvalue weighted by atomic mass is 10.2. The fourth-order valence-corrected chi connectivity index (χ4v) is 3.01. The van der Waals surface area contributed by atoms with E-state index in [0.717, 1.165) is 14.9 Å². The molecule has 0 saturated carbocycles. The number of rotatable bonds is 3. The van der Waals surface area contributed by atoms with Gasteiger partial charge in [-0.15, -0.1) is 11.3 Å². The Balaban J connectivity index is 2.23. The highest BCUT2D eigenvalue weighted by molar-refractivity contribution is 9.10. The fourth-order valence-electron chi connectivity index (χ4n) is 1.59. The van der Waals surface area contributed by atoms with Crippen molar-refractivity contribution in [3.05, 3.63) is 56.2 Å². The molecule has 1 N–H and O–H groups in total. The first-order valence-corrected chi connectivity index (χ1v) is 7.51. The zero-order valence-electron chi connectivity index (χ0n) is 10.7. The molecule has 0 spiro atoms. The van der Waals surface area contributed by atoms with E-state index in [1.165, 1.54) is 11.3 Å². The van der Waals surface area contributed by atoms with Crippen LogP contribution in [-0.4, -0.2) is 5.91 Å². The SMILES string of the molecule is Cc1ccccc1NC(=O)/C(C#N)=C/c1sccc1Br. The maximum Gasteiger partial charge on any atom is 0.266 e. The van der Waals surface area contributed by atoms with Gasteiger partial charge in [0.1, 0.15) is 11.6 Å². The molecular weight excluding hydrogens is 336 g/mol. The van der Waals surface area contributed by atoms with Crippen LogP contribution in [0.3, 0.4) is 0 Å². The predicted molar refractivity (Wildman–Crippen MR) is 85.4 cm³/mol. The number of thiophene rings is 1. The van der Waals surface area contributed by atoms with Crippen LogP contribution >= 0.6 is 27.3 Å². The number of hydrogen-bond donors (Lipinski definition) is 1. The van der Waals surface area contributed by atoms with Crippen LogP contribution in [0.2, 0.25) is 0 Å². The fraction of sp³-hybridized carbons (Fsp3) is 0.0667. The van der Waals surface area contributed by atoms with Crippen molar-refractivity contribution in [2.75, 3.05) is 5.32 Å². The number of nitriles is 1. The second-order valence-electron chi connectivity index (χ2n) is 4.07. The smallest absolute Gasteiger partial charge is 0.266 e. The second-order valence-corrected chi connectivity index (χ2v) is 5.87. The summed E-state index contributed by atoms with van der Waals surface area (Å²) in [6.45, 7) is 1.90. The van der Waals surface area contributed by atoms with E-state index in [1.807, 2.05) is 48.7 Å². The molecule has 1 amide bonds. The highest BCUT2D eigenvalue weighted by Crippen LogP contribution is 2.25. The molecule has 0 atom stereocenters. The number of carbonyl (C=O) groups is 1. The van der Waals surface area contributed by atoms with E-state index in [9.17, 15) is 4.79 Å². The number of aryl methyl sites for hydroxylation is 1. The Bertz CT molecular complexity index is 713. The average Bonchev–Trinajstić information content (AvgIpc) is 2.84. The van der Waals surface area contributed by atoms with E-state index in [0.29, 0.717) is 5.69 Å². The molecule has 0 radical (unpaired) electrons. The Morgan fingerprint density at radius 1 is 1.40 bits per heavy atom. The minimum atomic E-state index is -0.401. The Morgan fingerprint density at radius 3 is 2.75 bits per heavy atom. The highest BCUT2D eigenvalue weighted by Gasteiger charge is 2.11. The van der Waals surface area contributed by atoms with E-state index in [2.05, 4.69) is 21.2 Å². The van der Waals surface area contributed by atoms with Crippen LogP contribution in [0.15, 0.2) is 45.8 Å². The number of hydrogen-bond acceptors (Lipinski definition) is 3. The quantitative estimate of drug-likeness (QED) is 0.662. The normalized spacial score (nSPS) is 10.9. The average molecular weight is 347 g/mol. The van der Waals surface area contributed by atoms with E-state index in [-0.39, 0.29) is 5.57 Å². The van der Waals surface area contributed by atoms with Crippen molar-refractivity contribution < 1.29 is 4.79 Å². The summed E-state index contributed by atoms with van der Waals surface area (Å²) in [5.74, 6) is -0.401. The van der Waals surface area contributed by atoms with Crippen LogP contribution in [0.1, 0.15) is 10.4 Å². The van der Waals surface area contributed by atoms with E-state index in [4.69, 9.17) is 5.26 Å². The molecule has 3 nitrogen and oxygen atoms in total. The summed E-state index contributed by atoms with van der Waals surface area (Å²) in [7, 11) is 0. The molecule has 0 aliphatic carbocycles. The summed E-state index contributed by atoms with van der Waals surface area (Å²) < 4.78 is 0.874. The molecule has 0 unspecified atom stereocenters. The van der Waals surface area contributed by atoms with Gasteiger partial charge in [0.25, 0.3) is 5.91 Å². The third kappa shape index (κ3) is 3.35. The largest absolute Gasteiger partial charge is 0.321 e. The van der Waals surface area contributed by atoms with Crippen LogP contribution < -0.4 is 5.32 Å². The maximum absolute atomic E-state index is 12.1. The molecular formula is C15H11BrN2OS. The van der Waals surface area contributed by atoms with E-state index < -0.39 is 5.91 Å². The van der Waals surface area contributed by atoms with Crippen molar-refractivity contribution in [3.8, 4) is 6.07 Å². The van der Waals surface area contributed by atoms with Crippen molar-refractivity contribution in [2.45, 2.75) is 6.92 Å². The van der Waals surface area contributed by atoms with Gasteiger partial charge < -0.3 is 5.32 Å². The first kappa shape index (κ1) is 14.5. The molecule has 0 saturated heterocycles. The van der Waals surface area contributed by atoms with Gasteiger partial charge in [0.2, 0.25) is 0 Å². The van der Waals surface area contributed by atoms with Gasteiger partial charge in [-0.05, 0) is 52.0 Å². The summed E-state index contributed by atoms with van der Waals surface area (Å²) in [5.41, 5.74) is 1.75. The van der Waals surface area contributed by atoms with Crippen molar-refractivity contribution >= 4 is 44.9 Å². The molecule has 2 rings (SSSR count). The van der Waals surface area contributed by atoms with Crippen LogP contribution in [0.25, 0.3) is 6.08 Å². The molecule has 0 bridgehead atoms. The zero-order valence-corrected chi connectivity index (χ0v) is 13.1. The maximum atomic E-state index is 12.1. The molecule has 1 aromatic carbocycles. The number of amides is 1. The molecule has 1 heterocycles. The van der Waals surface area contributed by atoms with Gasteiger partial charge in [-0.2, -0.15) is 5.26 Å². The lowest BCUT2D eigenvalue weighted by Gasteiger charge is -2.06. The lowest BCUT2D eigenvalue weighted by molar-refractivity contribution is -0.112. The Hall–Kier alpha value is -1.90. The number of nitrogens with zero attached hydrogens (tertiary/aromatic N) is 1. The first-order valence-electron chi connectivity index (χ1n) is 5.83. The highest BCUT2D eigenvalue weighted by atomic mass is 79.9. The van der Waals surface area contributed by atoms with Crippen molar-refractivity contribution in [3.63, 3.8) is 0 Å². The van der Waals surface area contributed by atoms with Gasteiger partial charge in [0.05, 0.1) is 0 Å². The Labute approximate surface area is 129 Å². The third-order valence-corrected chi connectivity index (χ3v) is 4.50. The Kier molecular flexibility index (Phi) is 4.72. The van der Waals surface area contributed by atoms with Gasteiger partial charge in [0, 0.05) is 15.0 Å². The van der Waals surface area contributed by atoms with E-state index >= 15 is 0 Å². The monoisotopic (exact) mass is 346 g/mol. The minimum Gasteiger partial charge on any atom is -0.321 e. The summed E-state index contributed by atoms with van der Waals surface area (Å²) >= 11 is 4.84. The summed E-state index contributed by atoms with van der Waals surface area (Å²) in [6.07, 6.45) is 1.59. The van der Waals surface area contributed by atoms with Gasteiger partial charge in [0.15, 0.2) is 0 Å². The van der Waals surface area contributed by atoms with Crippen molar-refractivity contribution in [1.29, 1.82) is 5.26 Å². The number of benzene rings is 1. The Morgan fingerprint density at radius 2 is 2.15 bits per heavy atom. The summed E-state index contributed by atoms with van der Waals surface area (Å²) in [6, 6.07) is 11.3. The lowest BCUT2D eigenvalue weighted by Crippen LogP contribution is -2.14. The van der Waals surface area contributed by atoms with Gasteiger partial charge >= 0.3 is 0 Å². The third-order valence-electron chi connectivity index (χ3n) is 2.68. The molecule has 0 aliphatic heterocycles. The van der Waals surface area contributed by atoms with Crippen molar-refractivity contribution in [2.24, 2.45) is 0 Å². The van der Waals surface area contributed by atoms with Gasteiger partial charge in [-0.1, -0.05) is 18.2 Å². The molecule has 2 aromatic rings. The predicted octanol–water partition coefficient (Wildman–Crippen LogP) is 4.36. The molecule has 1 aromatic heterocycles. The van der Waals surface area contributed by atoms with Gasteiger partial charge in [-0.3, -0.25) is 4.79 Å². The molecule has 0 aliphatic rings. The second kappa shape index (κ2) is 6.51. The topological polar surface area (TPSA) is 52.9 Å². The zero-order chi connectivity index (χ0) is 14.5. The van der Waals surface area contributed by atoms with Crippen LogP contribution in [-0.2, 0) is 4.79 Å². The molecule has 100 valence electrons. The number of para-hydroxylation sites is 1. The van der Waals surface area contributed by atoms with Crippen LogP contribution in [0.5, 0.6) is 0 Å². The van der Waals surface area contributed by atoms with Crippen LogP contribution in [0, 0.1) is 18.3 Å². The first-order chi connectivity index (χ1) is 9.61. The van der Waals surface area contributed by atoms with Crippen molar-refractivity contribution in [1.82, 2.24) is 0 Å². The number of halogens is 1. The standard InChI is InChI=1S/C15H11BrN2OS/c1-10-4-2-3-5-13(10)18-15(19)11(9-17)8-14-12(16)6-7-20-14/h2-8H,1H3,(H,18,19)/b11-8+. The number of nitrogens with one attached hydrogen (secondary N) is 1. The summed E-state index contributed by atoms with van der Waals surface area (Å²) in [4.78, 5) is 13.0. The number of anilines is 1. The summed E-state index contributed by atoms with van der Waals surface area (Å²) in [5, 5.41) is 13.8. The van der Waals surface area contributed by atoms with Crippen LogP contribution in [0.4, 0.5) is 5.69 Å². The minimum absolute atomic E-state index is 0.0800. The number of carbonyl (C=O) groups excluding carboxylic acids is 1. The molecule has 5 heteroatoms. The molecule has 20 heavy (non-hydrogen) atoms.